The Bertz CT molecular complexity index is 755. The number of benzene rings is 2. The molecule has 0 bridgehead atoms. The van der Waals surface area contributed by atoms with Crippen LogP contribution in [-0.2, 0) is 16.9 Å². The van der Waals surface area contributed by atoms with Crippen LogP contribution in [0, 0.1) is 0 Å². The average Bonchev–Trinajstić information content (AvgIpc) is 2.89. The zero-order valence-corrected chi connectivity index (χ0v) is 15.1. The molecule has 132 valence electrons. The van der Waals surface area contributed by atoms with Gasteiger partial charge in [0.25, 0.3) is 0 Å². The van der Waals surface area contributed by atoms with Gasteiger partial charge in [-0.25, -0.2) is 4.79 Å². The largest absolute Gasteiger partial charge is 0.497 e. The smallest absolute Gasteiger partial charge is 0.339 e. The van der Waals surface area contributed by atoms with Crippen molar-refractivity contribution in [3.63, 3.8) is 0 Å². The molecule has 0 atom stereocenters. The molecule has 1 spiro atoms. The molecule has 0 unspecified atom stereocenters. The Balaban J connectivity index is 0.00000182. The monoisotopic (exact) mass is 359 g/mol. The van der Waals surface area contributed by atoms with Crippen molar-refractivity contribution in [3.05, 3.63) is 65.2 Å². The first-order chi connectivity index (χ1) is 11.7. The van der Waals surface area contributed by atoms with E-state index in [1.807, 2.05) is 18.2 Å². The highest BCUT2D eigenvalue weighted by Crippen LogP contribution is 2.45. The van der Waals surface area contributed by atoms with E-state index in [-0.39, 0.29) is 18.4 Å². The maximum absolute atomic E-state index is 12.3. The van der Waals surface area contributed by atoms with Gasteiger partial charge in [-0.05, 0) is 17.7 Å². The van der Waals surface area contributed by atoms with Gasteiger partial charge < -0.3 is 9.47 Å². The predicted octanol–water partition coefficient (Wildman–Crippen LogP) is 3.78. The number of ether oxygens (including phenoxy) is 2. The number of rotatable bonds is 3. The van der Waals surface area contributed by atoms with Crippen LogP contribution in [0.5, 0.6) is 5.75 Å². The zero-order valence-electron chi connectivity index (χ0n) is 14.2. The van der Waals surface area contributed by atoms with Gasteiger partial charge in [-0.15, -0.1) is 12.4 Å². The summed E-state index contributed by atoms with van der Waals surface area (Å²) < 4.78 is 11.1. The van der Waals surface area contributed by atoms with E-state index in [2.05, 4.69) is 29.2 Å². The molecular weight excluding hydrogens is 338 g/mol. The Morgan fingerprint density at radius 1 is 1.12 bits per heavy atom. The van der Waals surface area contributed by atoms with Gasteiger partial charge in [0.15, 0.2) is 0 Å². The number of hydrogen-bond acceptors (Lipinski definition) is 4. The maximum atomic E-state index is 12.3. The highest BCUT2D eigenvalue weighted by atomic mass is 35.5. The summed E-state index contributed by atoms with van der Waals surface area (Å²) in [4.78, 5) is 14.7. The van der Waals surface area contributed by atoms with Crippen molar-refractivity contribution in [2.24, 2.45) is 0 Å². The summed E-state index contributed by atoms with van der Waals surface area (Å²) in [6, 6.07) is 16.2. The van der Waals surface area contributed by atoms with Crippen LogP contribution < -0.4 is 4.74 Å². The third-order valence-corrected chi connectivity index (χ3v) is 5.14. The topological polar surface area (TPSA) is 38.8 Å². The zero-order chi connectivity index (χ0) is 16.6. The second-order valence-corrected chi connectivity index (χ2v) is 6.56. The van der Waals surface area contributed by atoms with Crippen molar-refractivity contribution in [3.8, 4) is 5.75 Å². The van der Waals surface area contributed by atoms with E-state index in [1.165, 1.54) is 5.56 Å². The molecule has 0 aliphatic carbocycles. The molecule has 4 nitrogen and oxygen atoms in total. The Kier molecular flexibility index (Phi) is 5.02. The van der Waals surface area contributed by atoms with Crippen LogP contribution in [-0.4, -0.2) is 31.1 Å². The van der Waals surface area contributed by atoms with Gasteiger partial charge in [0, 0.05) is 38.0 Å². The first-order valence-corrected chi connectivity index (χ1v) is 8.38. The summed E-state index contributed by atoms with van der Waals surface area (Å²) in [5, 5.41) is 0. The number of hydrogen-bond donors (Lipinski definition) is 0. The lowest BCUT2D eigenvalue weighted by Crippen LogP contribution is -2.42. The summed E-state index contributed by atoms with van der Waals surface area (Å²) in [6.07, 6.45) is 1.68. The third kappa shape index (κ3) is 3.24. The van der Waals surface area contributed by atoms with Crippen molar-refractivity contribution in [2.45, 2.75) is 25.0 Å². The van der Waals surface area contributed by atoms with Crippen LogP contribution in [0.3, 0.4) is 0 Å². The van der Waals surface area contributed by atoms with Gasteiger partial charge in [0.1, 0.15) is 11.4 Å². The molecule has 2 aliphatic heterocycles. The lowest BCUT2D eigenvalue weighted by atomic mass is 9.83. The molecule has 0 N–H and O–H groups in total. The van der Waals surface area contributed by atoms with Crippen molar-refractivity contribution >= 4 is 18.4 Å². The quantitative estimate of drug-likeness (QED) is 0.782. The van der Waals surface area contributed by atoms with Crippen molar-refractivity contribution in [2.75, 3.05) is 20.2 Å². The van der Waals surface area contributed by atoms with Crippen molar-refractivity contribution in [1.29, 1.82) is 0 Å². The van der Waals surface area contributed by atoms with Crippen LogP contribution >= 0.6 is 12.4 Å². The third-order valence-electron chi connectivity index (χ3n) is 5.14. The minimum Gasteiger partial charge on any atom is -0.497 e. The van der Waals surface area contributed by atoms with Gasteiger partial charge in [0.2, 0.25) is 0 Å². The number of nitrogens with zero attached hydrogens (tertiary/aromatic N) is 1. The molecule has 1 saturated heterocycles. The predicted molar refractivity (Wildman–Crippen MR) is 98.3 cm³/mol. The standard InChI is InChI=1S/C20H21NO3.ClH/c1-23-16-7-8-18-17(13-16)19(22)24-20(18)9-11-21(12-10-20)14-15-5-3-2-4-6-15;/h2-8,13H,9-12,14H2,1H3;1H. The molecule has 2 heterocycles. The van der Waals surface area contributed by atoms with Gasteiger partial charge in [0.05, 0.1) is 12.7 Å². The number of fused-ring (bicyclic) bond motifs is 2. The first kappa shape index (κ1) is 17.8. The van der Waals surface area contributed by atoms with Crippen molar-refractivity contribution in [1.82, 2.24) is 4.90 Å². The number of carbonyl (C=O) groups excluding carboxylic acids is 1. The van der Waals surface area contributed by atoms with Crippen LogP contribution in [0.15, 0.2) is 48.5 Å². The van der Waals surface area contributed by atoms with E-state index < -0.39 is 5.60 Å². The molecule has 0 aromatic heterocycles. The molecular formula is C20H22ClNO3. The SMILES string of the molecule is COc1ccc2c(c1)C(=O)OC21CCN(Cc2ccccc2)CC1.Cl. The van der Waals surface area contributed by atoms with E-state index >= 15 is 0 Å². The van der Waals surface area contributed by atoms with Gasteiger partial charge in [-0.3, -0.25) is 4.90 Å². The molecule has 0 saturated carbocycles. The molecule has 2 aromatic carbocycles. The lowest BCUT2D eigenvalue weighted by molar-refractivity contribution is -0.0440. The maximum Gasteiger partial charge on any atom is 0.339 e. The van der Waals surface area contributed by atoms with Crippen LogP contribution in [0.2, 0.25) is 0 Å². The van der Waals surface area contributed by atoms with Crippen LogP contribution in [0.4, 0.5) is 0 Å². The van der Waals surface area contributed by atoms with Gasteiger partial charge >= 0.3 is 5.97 Å². The molecule has 5 heteroatoms. The van der Waals surface area contributed by atoms with E-state index in [4.69, 9.17) is 9.47 Å². The highest BCUT2D eigenvalue weighted by molar-refractivity contribution is 5.95. The Hall–Kier alpha value is -2.04. The van der Waals surface area contributed by atoms with E-state index in [0.717, 1.165) is 38.0 Å². The second kappa shape index (κ2) is 7.06. The molecule has 0 radical (unpaired) electrons. The van der Waals surface area contributed by atoms with Crippen molar-refractivity contribution < 1.29 is 14.3 Å². The molecule has 2 aromatic rings. The lowest BCUT2D eigenvalue weighted by Gasteiger charge is -2.38. The summed E-state index contributed by atoms with van der Waals surface area (Å²) in [5.41, 5.74) is 2.55. The summed E-state index contributed by atoms with van der Waals surface area (Å²) in [7, 11) is 1.61. The number of piperidine rings is 1. The minimum atomic E-state index is -0.453. The van der Waals surface area contributed by atoms with Crippen LogP contribution in [0.25, 0.3) is 0 Å². The number of carbonyl (C=O) groups is 1. The number of methoxy groups -OCH3 is 1. The summed E-state index contributed by atoms with van der Waals surface area (Å²) >= 11 is 0. The van der Waals surface area contributed by atoms with Gasteiger partial charge in [-0.2, -0.15) is 0 Å². The second-order valence-electron chi connectivity index (χ2n) is 6.56. The van der Waals surface area contributed by atoms with E-state index in [9.17, 15) is 4.79 Å². The van der Waals surface area contributed by atoms with Gasteiger partial charge in [-0.1, -0.05) is 36.4 Å². The number of halogens is 1. The molecule has 1 fully saturated rings. The average molecular weight is 360 g/mol. The fraction of sp³-hybridized carbons (Fsp3) is 0.350. The minimum absolute atomic E-state index is 0. The fourth-order valence-electron chi connectivity index (χ4n) is 3.79. The number of likely N-dealkylation sites (tertiary alicyclic amines) is 1. The number of esters is 1. The fourth-order valence-corrected chi connectivity index (χ4v) is 3.79. The Morgan fingerprint density at radius 2 is 1.84 bits per heavy atom. The molecule has 25 heavy (non-hydrogen) atoms. The normalized spacial score (nSPS) is 18.4. The molecule has 2 aliphatic rings. The van der Waals surface area contributed by atoms with E-state index in [0.29, 0.717) is 11.3 Å². The molecule has 4 rings (SSSR count). The highest BCUT2D eigenvalue weighted by Gasteiger charge is 2.47. The molecule has 0 amide bonds. The summed E-state index contributed by atoms with van der Waals surface area (Å²) in [5.74, 6) is 0.477. The first-order valence-electron chi connectivity index (χ1n) is 8.38. The Labute approximate surface area is 154 Å². The Morgan fingerprint density at radius 3 is 2.52 bits per heavy atom. The van der Waals surface area contributed by atoms with Crippen LogP contribution in [0.1, 0.15) is 34.3 Å². The summed E-state index contributed by atoms with van der Waals surface area (Å²) in [6.45, 7) is 2.79. The van der Waals surface area contributed by atoms with E-state index in [1.54, 1.807) is 13.2 Å².